The summed E-state index contributed by atoms with van der Waals surface area (Å²) in [7, 11) is 0. The fraction of sp³-hybridized carbons (Fsp3) is 0.750. The standard InChI is InChI=1S/C8H15NO2S/c1-6(2)7(10)4-9-8(11)5-12-3/h6H,4-5H2,1-3H3,(H,9,11). The van der Waals surface area contributed by atoms with Crippen molar-refractivity contribution in [2.45, 2.75) is 13.8 Å². The molecule has 3 nitrogen and oxygen atoms in total. The molecule has 0 bridgehead atoms. The highest BCUT2D eigenvalue weighted by molar-refractivity contribution is 7.99. The van der Waals surface area contributed by atoms with E-state index in [-0.39, 0.29) is 24.2 Å². The Hall–Kier alpha value is -0.510. The number of amides is 1. The van der Waals surface area contributed by atoms with Crippen molar-refractivity contribution in [2.75, 3.05) is 18.6 Å². The van der Waals surface area contributed by atoms with E-state index in [1.807, 2.05) is 20.1 Å². The molecule has 0 atom stereocenters. The molecule has 0 saturated heterocycles. The van der Waals surface area contributed by atoms with Gasteiger partial charge in [0.1, 0.15) is 0 Å². The van der Waals surface area contributed by atoms with Crippen LogP contribution in [0.3, 0.4) is 0 Å². The molecule has 0 aliphatic carbocycles. The average molecular weight is 189 g/mol. The van der Waals surface area contributed by atoms with Crippen molar-refractivity contribution in [3.63, 3.8) is 0 Å². The van der Waals surface area contributed by atoms with Crippen molar-refractivity contribution in [3.8, 4) is 0 Å². The first-order chi connectivity index (χ1) is 5.57. The Bertz CT molecular complexity index is 168. The molecule has 0 aliphatic heterocycles. The van der Waals surface area contributed by atoms with E-state index in [4.69, 9.17) is 0 Å². The van der Waals surface area contributed by atoms with Gasteiger partial charge in [-0.3, -0.25) is 9.59 Å². The quantitative estimate of drug-likeness (QED) is 0.692. The first-order valence-corrected chi connectivity index (χ1v) is 5.25. The summed E-state index contributed by atoms with van der Waals surface area (Å²) in [5, 5.41) is 2.56. The predicted molar refractivity (Wildman–Crippen MR) is 51.2 cm³/mol. The summed E-state index contributed by atoms with van der Waals surface area (Å²) in [4.78, 5) is 21.9. The second kappa shape index (κ2) is 6.06. The average Bonchev–Trinajstić information content (AvgIpc) is 2.00. The van der Waals surface area contributed by atoms with Gasteiger partial charge in [0.2, 0.25) is 5.91 Å². The van der Waals surface area contributed by atoms with Crippen LogP contribution in [-0.2, 0) is 9.59 Å². The van der Waals surface area contributed by atoms with Crippen LogP contribution in [0.25, 0.3) is 0 Å². The molecule has 1 N–H and O–H groups in total. The number of carbonyl (C=O) groups is 2. The number of hydrogen-bond acceptors (Lipinski definition) is 3. The molecule has 0 rings (SSSR count). The molecule has 0 aromatic carbocycles. The topological polar surface area (TPSA) is 46.2 Å². The van der Waals surface area contributed by atoms with Gasteiger partial charge < -0.3 is 5.32 Å². The van der Waals surface area contributed by atoms with E-state index in [1.165, 1.54) is 11.8 Å². The maximum absolute atomic E-state index is 11.0. The normalized spacial score (nSPS) is 10.0. The van der Waals surface area contributed by atoms with Crippen LogP contribution in [0.4, 0.5) is 0 Å². The maximum atomic E-state index is 11.0. The van der Waals surface area contributed by atoms with E-state index in [9.17, 15) is 9.59 Å². The lowest BCUT2D eigenvalue weighted by molar-refractivity contribution is -0.125. The molecule has 0 unspecified atom stereocenters. The van der Waals surface area contributed by atoms with Gasteiger partial charge in [0.05, 0.1) is 12.3 Å². The molecular weight excluding hydrogens is 174 g/mol. The molecule has 0 aromatic heterocycles. The maximum Gasteiger partial charge on any atom is 0.230 e. The fourth-order valence-electron chi connectivity index (χ4n) is 0.572. The molecule has 12 heavy (non-hydrogen) atoms. The van der Waals surface area contributed by atoms with Crippen LogP contribution in [-0.4, -0.2) is 30.2 Å². The third-order valence-corrected chi connectivity index (χ3v) is 1.93. The molecule has 0 aliphatic rings. The molecule has 0 aromatic rings. The second-order valence-corrected chi connectivity index (χ2v) is 3.70. The Morgan fingerprint density at radius 3 is 2.42 bits per heavy atom. The minimum absolute atomic E-state index is 0.000389. The van der Waals surface area contributed by atoms with Gasteiger partial charge in [-0.05, 0) is 6.26 Å². The molecule has 0 radical (unpaired) electrons. The molecule has 4 heteroatoms. The van der Waals surface area contributed by atoms with Gasteiger partial charge in [-0.15, -0.1) is 0 Å². The molecule has 70 valence electrons. The highest BCUT2D eigenvalue weighted by Gasteiger charge is 2.07. The van der Waals surface area contributed by atoms with E-state index in [1.54, 1.807) is 0 Å². The third-order valence-electron chi connectivity index (χ3n) is 1.38. The summed E-state index contributed by atoms with van der Waals surface area (Å²) in [6, 6.07) is 0. The lowest BCUT2D eigenvalue weighted by atomic mass is 10.1. The van der Waals surface area contributed by atoms with Crippen molar-refractivity contribution in [2.24, 2.45) is 5.92 Å². The van der Waals surface area contributed by atoms with Crippen molar-refractivity contribution in [3.05, 3.63) is 0 Å². The largest absolute Gasteiger partial charge is 0.348 e. The monoisotopic (exact) mass is 189 g/mol. The highest BCUT2D eigenvalue weighted by atomic mass is 32.2. The number of nitrogens with one attached hydrogen (secondary N) is 1. The van der Waals surface area contributed by atoms with Crippen molar-refractivity contribution in [1.82, 2.24) is 5.32 Å². The molecular formula is C8H15NO2S. The van der Waals surface area contributed by atoms with E-state index >= 15 is 0 Å². The summed E-state index contributed by atoms with van der Waals surface area (Å²) in [5.41, 5.74) is 0. The number of Topliss-reactive ketones (excluding diaryl/α,β-unsaturated/α-hetero) is 1. The smallest absolute Gasteiger partial charge is 0.230 e. The van der Waals surface area contributed by atoms with Crippen LogP contribution in [0.1, 0.15) is 13.8 Å². The zero-order valence-corrected chi connectivity index (χ0v) is 8.53. The zero-order chi connectivity index (χ0) is 9.56. The summed E-state index contributed by atoms with van der Waals surface area (Å²) in [5.74, 6) is 0.422. The van der Waals surface area contributed by atoms with Crippen LogP contribution in [0.15, 0.2) is 0 Å². The number of ketones is 1. The Morgan fingerprint density at radius 1 is 1.42 bits per heavy atom. The van der Waals surface area contributed by atoms with Crippen LogP contribution >= 0.6 is 11.8 Å². The van der Waals surface area contributed by atoms with Gasteiger partial charge in [-0.25, -0.2) is 0 Å². The molecule has 0 saturated carbocycles. The minimum Gasteiger partial charge on any atom is -0.348 e. The molecule has 0 spiro atoms. The van der Waals surface area contributed by atoms with Crippen LogP contribution in [0.5, 0.6) is 0 Å². The minimum atomic E-state index is -0.0727. The highest BCUT2D eigenvalue weighted by Crippen LogP contribution is 1.93. The van der Waals surface area contributed by atoms with Crippen LogP contribution in [0, 0.1) is 5.92 Å². The lowest BCUT2D eigenvalue weighted by Gasteiger charge is -2.05. The van der Waals surface area contributed by atoms with Crippen LogP contribution in [0.2, 0.25) is 0 Å². The summed E-state index contributed by atoms with van der Waals surface area (Å²) in [6.07, 6.45) is 1.85. The first-order valence-electron chi connectivity index (χ1n) is 3.86. The second-order valence-electron chi connectivity index (χ2n) is 2.83. The van der Waals surface area contributed by atoms with Crippen molar-refractivity contribution >= 4 is 23.5 Å². The third kappa shape index (κ3) is 5.18. The predicted octanol–water partition coefficient (Wildman–Crippen LogP) is 0.691. The van der Waals surface area contributed by atoms with E-state index in [0.717, 1.165) is 0 Å². The number of carbonyl (C=O) groups excluding carboxylic acids is 2. The Morgan fingerprint density at radius 2 is 2.00 bits per heavy atom. The Kier molecular flexibility index (Phi) is 5.80. The van der Waals surface area contributed by atoms with Gasteiger partial charge in [-0.2, -0.15) is 11.8 Å². The number of rotatable bonds is 5. The first kappa shape index (κ1) is 11.5. The van der Waals surface area contributed by atoms with Gasteiger partial charge in [0.25, 0.3) is 0 Å². The number of hydrogen-bond donors (Lipinski definition) is 1. The van der Waals surface area contributed by atoms with Crippen molar-refractivity contribution < 1.29 is 9.59 Å². The van der Waals surface area contributed by atoms with Crippen LogP contribution < -0.4 is 5.32 Å². The number of thioether (sulfide) groups is 1. The summed E-state index contributed by atoms with van der Waals surface area (Å²) < 4.78 is 0. The Balaban J connectivity index is 3.54. The molecule has 0 fully saturated rings. The van der Waals surface area contributed by atoms with E-state index in [2.05, 4.69) is 5.32 Å². The van der Waals surface area contributed by atoms with E-state index < -0.39 is 0 Å². The van der Waals surface area contributed by atoms with Gasteiger partial charge in [-0.1, -0.05) is 13.8 Å². The Labute approximate surface area is 77.3 Å². The van der Waals surface area contributed by atoms with Gasteiger partial charge in [0, 0.05) is 5.92 Å². The van der Waals surface area contributed by atoms with E-state index in [0.29, 0.717) is 5.75 Å². The van der Waals surface area contributed by atoms with Gasteiger partial charge in [0.15, 0.2) is 5.78 Å². The zero-order valence-electron chi connectivity index (χ0n) is 7.72. The fourth-order valence-corrected chi connectivity index (χ4v) is 0.936. The van der Waals surface area contributed by atoms with Crippen molar-refractivity contribution in [1.29, 1.82) is 0 Å². The summed E-state index contributed by atoms with van der Waals surface area (Å²) in [6.45, 7) is 3.81. The SMILES string of the molecule is CSCC(=O)NCC(=O)C(C)C. The molecule has 1 amide bonds. The summed E-state index contributed by atoms with van der Waals surface area (Å²) >= 11 is 1.45. The van der Waals surface area contributed by atoms with Gasteiger partial charge >= 0.3 is 0 Å². The molecule has 0 heterocycles. The lowest BCUT2D eigenvalue weighted by Crippen LogP contribution is -2.32.